The lowest BCUT2D eigenvalue weighted by Crippen LogP contribution is -2.14. The summed E-state index contributed by atoms with van der Waals surface area (Å²) in [5.41, 5.74) is 2.13. The maximum absolute atomic E-state index is 5.70. The Bertz CT molecular complexity index is 528. The molecular weight excluding hydrogens is 316 g/mol. The summed E-state index contributed by atoms with van der Waals surface area (Å²) in [6, 6.07) is 11.9. The van der Waals surface area contributed by atoms with Crippen molar-refractivity contribution in [3.63, 3.8) is 0 Å². The molecule has 0 aliphatic rings. The number of benzene rings is 1. The zero-order valence-corrected chi connectivity index (χ0v) is 13.2. The van der Waals surface area contributed by atoms with Gasteiger partial charge in [-0.05, 0) is 42.8 Å². The minimum Gasteiger partial charge on any atom is -0.487 e. The lowest BCUT2D eigenvalue weighted by atomic mass is 10.2. The lowest BCUT2D eigenvalue weighted by Gasteiger charge is -2.07. The summed E-state index contributed by atoms with van der Waals surface area (Å²) in [5, 5.41) is 3.36. The standard InChI is InChI=1S/C16H19BrN2O/c1-2-8-18-10-13-6-7-15(19-11-13)12-20-16-5-3-4-14(17)9-16/h3-7,9,11,18H,2,8,10,12H2,1H3. The number of halogens is 1. The quantitative estimate of drug-likeness (QED) is 0.779. The first-order valence-electron chi connectivity index (χ1n) is 6.81. The van der Waals surface area contributed by atoms with E-state index in [9.17, 15) is 0 Å². The summed E-state index contributed by atoms with van der Waals surface area (Å²) in [7, 11) is 0. The van der Waals surface area contributed by atoms with Crippen LogP contribution in [0.25, 0.3) is 0 Å². The van der Waals surface area contributed by atoms with E-state index in [2.05, 4.69) is 39.2 Å². The van der Waals surface area contributed by atoms with Crippen LogP contribution in [0.5, 0.6) is 5.75 Å². The molecule has 0 saturated carbocycles. The van der Waals surface area contributed by atoms with E-state index in [4.69, 9.17) is 4.74 Å². The molecule has 0 aliphatic carbocycles. The van der Waals surface area contributed by atoms with Gasteiger partial charge in [0.05, 0.1) is 5.69 Å². The molecule has 0 saturated heterocycles. The van der Waals surface area contributed by atoms with Crippen LogP contribution in [0.1, 0.15) is 24.6 Å². The van der Waals surface area contributed by atoms with Gasteiger partial charge in [-0.25, -0.2) is 0 Å². The van der Waals surface area contributed by atoms with E-state index in [0.29, 0.717) is 6.61 Å². The van der Waals surface area contributed by atoms with Crippen molar-refractivity contribution in [2.75, 3.05) is 6.54 Å². The first kappa shape index (κ1) is 15.0. The summed E-state index contributed by atoms with van der Waals surface area (Å²) in [4.78, 5) is 4.42. The predicted molar refractivity (Wildman–Crippen MR) is 84.7 cm³/mol. The number of hydrogen-bond acceptors (Lipinski definition) is 3. The second-order valence-electron chi connectivity index (χ2n) is 4.58. The molecule has 4 heteroatoms. The van der Waals surface area contributed by atoms with Crippen LogP contribution in [0, 0.1) is 0 Å². The number of nitrogens with one attached hydrogen (secondary N) is 1. The number of hydrogen-bond donors (Lipinski definition) is 1. The Balaban J connectivity index is 1.84. The second-order valence-corrected chi connectivity index (χ2v) is 5.50. The van der Waals surface area contributed by atoms with E-state index in [1.807, 2.05) is 36.5 Å². The van der Waals surface area contributed by atoms with Crippen molar-refractivity contribution in [3.8, 4) is 5.75 Å². The van der Waals surface area contributed by atoms with Crippen molar-refractivity contribution in [3.05, 3.63) is 58.3 Å². The van der Waals surface area contributed by atoms with Crippen molar-refractivity contribution < 1.29 is 4.74 Å². The molecule has 0 radical (unpaired) electrons. The third-order valence-electron chi connectivity index (χ3n) is 2.82. The van der Waals surface area contributed by atoms with Crippen molar-refractivity contribution in [2.24, 2.45) is 0 Å². The molecule has 20 heavy (non-hydrogen) atoms. The highest BCUT2D eigenvalue weighted by Gasteiger charge is 1.99. The van der Waals surface area contributed by atoms with Crippen LogP contribution in [0.15, 0.2) is 47.1 Å². The Morgan fingerprint density at radius 3 is 2.85 bits per heavy atom. The van der Waals surface area contributed by atoms with Crippen LogP contribution in [0.2, 0.25) is 0 Å². The van der Waals surface area contributed by atoms with Gasteiger partial charge in [0, 0.05) is 17.2 Å². The molecule has 0 fully saturated rings. The summed E-state index contributed by atoms with van der Waals surface area (Å²) in [6.07, 6.45) is 3.05. The van der Waals surface area contributed by atoms with Gasteiger partial charge in [-0.3, -0.25) is 4.98 Å². The van der Waals surface area contributed by atoms with Crippen molar-refractivity contribution >= 4 is 15.9 Å². The number of pyridine rings is 1. The van der Waals surface area contributed by atoms with Crippen molar-refractivity contribution in [1.82, 2.24) is 10.3 Å². The Hall–Kier alpha value is -1.39. The average molecular weight is 335 g/mol. The first-order chi connectivity index (χ1) is 9.78. The molecular formula is C16H19BrN2O. The van der Waals surface area contributed by atoms with E-state index in [1.165, 1.54) is 5.56 Å². The Morgan fingerprint density at radius 2 is 2.15 bits per heavy atom. The summed E-state index contributed by atoms with van der Waals surface area (Å²) in [6.45, 7) is 4.55. The van der Waals surface area contributed by atoms with Gasteiger partial charge >= 0.3 is 0 Å². The van der Waals surface area contributed by atoms with Crippen LogP contribution >= 0.6 is 15.9 Å². The van der Waals surface area contributed by atoms with Crippen LogP contribution in [0.3, 0.4) is 0 Å². The molecule has 1 N–H and O–H groups in total. The Morgan fingerprint density at radius 1 is 1.25 bits per heavy atom. The minimum absolute atomic E-state index is 0.485. The smallest absolute Gasteiger partial charge is 0.130 e. The normalized spacial score (nSPS) is 10.5. The molecule has 2 aromatic rings. The van der Waals surface area contributed by atoms with E-state index < -0.39 is 0 Å². The van der Waals surface area contributed by atoms with Gasteiger partial charge in [-0.2, -0.15) is 0 Å². The fourth-order valence-corrected chi connectivity index (χ4v) is 2.15. The monoisotopic (exact) mass is 334 g/mol. The molecule has 0 atom stereocenters. The summed E-state index contributed by atoms with van der Waals surface area (Å²) in [5.74, 6) is 0.842. The van der Waals surface area contributed by atoms with E-state index in [-0.39, 0.29) is 0 Å². The number of nitrogens with zero attached hydrogens (tertiary/aromatic N) is 1. The predicted octanol–water partition coefficient (Wildman–Crippen LogP) is 3.92. The SMILES string of the molecule is CCCNCc1ccc(COc2cccc(Br)c2)nc1. The van der Waals surface area contributed by atoms with Gasteiger partial charge in [0.15, 0.2) is 0 Å². The van der Waals surface area contributed by atoms with Gasteiger partial charge in [0.25, 0.3) is 0 Å². The molecule has 3 nitrogen and oxygen atoms in total. The Kier molecular flexibility index (Phi) is 6.02. The van der Waals surface area contributed by atoms with Crippen molar-refractivity contribution in [2.45, 2.75) is 26.5 Å². The van der Waals surface area contributed by atoms with E-state index >= 15 is 0 Å². The molecule has 0 spiro atoms. The maximum Gasteiger partial charge on any atom is 0.130 e. The number of ether oxygens (including phenoxy) is 1. The van der Waals surface area contributed by atoms with E-state index in [0.717, 1.165) is 35.4 Å². The second kappa shape index (κ2) is 8.02. The topological polar surface area (TPSA) is 34.1 Å². The number of rotatable bonds is 7. The first-order valence-corrected chi connectivity index (χ1v) is 7.60. The molecule has 1 aromatic heterocycles. The van der Waals surface area contributed by atoms with Crippen LogP contribution in [-0.4, -0.2) is 11.5 Å². The maximum atomic E-state index is 5.70. The van der Waals surface area contributed by atoms with Gasteiger partial charge in [0.1, 0.15) is 12.4 Å². The molecule has 1 aromatic carbocycles. The molecule has 2 rings (SSSR count). The molecule has 1 heterocycles. The Labute approximate surface area is 128 Å². The largest absolute Gasteiger partial charge is 0.487 e. The minimum atomic E-state index is 0.485. The van der Waals surface area contributed by atoms with Gasteiger partial charge in [0.2, 0.25) is 0 Å². The summed E-state index contributed by atoms with van der Waals surface area (Å²) >= 11 is 3.43. The molecule has 106 valence electrons. The molecule has 0 bridgehead atoms. The van der Waals surface area contributed by atoms with Crippen molar-refractivity contribution in [1.29, 1.82) is 0 Å². The highest BCUT2D eigenvalue weighted by molar-refractivity contribution is 9.10. The van der Waals surface area contributed by atoms with Crippen LogP contribution < -0.4 is 10.1 Å². The fourth-order valence-electron chi connectivity index (χ4n) is 1.77. The summed E-state index contributed by atoms with van der Waals surface area (Å²) < 4.78 is 6.72. The van der Waals surface area contributed by atoms with Crippen LogP contribution in [-0.2, 0) is 13.2 Å². The fraction of sp³-hybridized carbons (Fsp3) is 0.312. The molecule has 0 unspecified atom stereocenters. The zero-order chi connectivity index (χ0) is 14.2. The third-order valence-corrected chi connectivity index (χ3v) is 3.32. The molecule has 0 aliphatic heterocycles. The average Bonchev–Trinajstić information content (AvgIpc) is 2.47. The van der Waals surface area contributed by atoms with Gasteiger partial charge < -0.3 is 10.1 Å². The number of aromatic nitrogens is 1. The van der Waals surface area contributed by atoms with Gasteiger partial charge in [-0.1, -0.05) is 35.0 Å². The highest BCUT2D eigenvalue weighted by atomic mass is 79.9. The molecule has 0 amide bonds. The lowest BCUT2D eigenvalue weighted by molar-refractivity contribution is 0.301. The third kappa shape index (κ3) is 4.94. The van der Waals surface area contributed by atoms with E-state index in [1.54, 1.807) is 0 Å². The zero-order valence-electron chi connectivity index (χ0n) is 11.6. The van der Waals surface area contributed by atoms with Crippen LogP contribution in [0.4, 0.5) is 0 Å². The van der Waals surface area contributed by atoms with Gasteiger partial charge in [-0.15, -0.1) is 0 Å². The highest BCUT2D eigenvalue weighted by Crippen LogP contribution is 2.18.